The van der Waals surface area contributed by atoms with Crippen LogP contribution in [0.3, 0.4) is 0 Å². The summed E-state index contributed by atoms with van der Waals surface area (Å²) in [6, 6.07) is 3.81. The van der Waals surface area contributed by atoms with Crippen molar-refractivity contribution in [3.8, 4) is 5.75 Å². The maximum Gasteiger partial charge on any atom is 0.346 e. The molecule has 1 rings (SSSR count). The lowest BCUT2D eigenvalue weighted by Crippen LogP contribution is -2.25. The van der Waals surface area contributed by atoms with Gasteiger partial charge in [-0.3, -0.25) is 10.1 Å². The Balaban J connectivity index is 3.12. The van der Waals surface area contributed by atoms with E-state index >= 15 is 0 Å². The van der Waals surface area contributed by atoms with E-state index in [-0.39, 0.29) is 11.4 Å². The lowest BCUT2D eigenvalue weighted by atomic mass is 10.1. The molecule has 0 radical (unpaired) electrons. The first kappa shape index (κ1) is 16.2. The smallest absolute Gasteiger partial charge is 0.346 e. The number of hydrogen-bond acceptors (Lipinski definition) is 6. The number of hydrogen-bond donors (Lipinski definition) is 1. The van der Waals surface area contributed by atoms with Crippen LogP contribution in [-0.2, 0) is 14.3 Å². The number of methoxy groups -OCH3 is 1. The van der Waals surface area contributed by atoms with E-state index in [0.29, 0.717) is 5.56 Å². The number of carboxylic acids is 1. The Kier molecular flexibility index (Phi) is 5.41. The number of nitro benzene ring substituents is 1. The molecule has 1 N–H and O–H groups in total. The molecule has 1 aromatic carbocycles. The van der Waals surface area contributed by atoms with Gasteiger partial charge < -0.3 is 14.6 Å². The van der Waals surface area contributed by atoms with Crippen molar-refractivity contribution in [3.05, 3.63) is 40.0 Å². The largest absolute Gasteiger partial charge is 0.478 e. The summed E-state index contributed by atoms with van der Waals surface area (Å²) in [7, 11) is 1.17. The molecule has 112 valence electrons. The van der Waals surface area contributed by atoms with E-state index in [1.165, 1.54) is 38.3 Å². The highest BCUT2D eigenvalue weighted by molar-refractivity contribution is 5.85. The Labute approximate surface area is 119 Å². The van der Waals surface area contributed by atoms with Crippen LogP contribution in [0, 0.1) is 10.1 Å². The summed E-state index contributed by atoms with van der Waals surface area (Å²) in [5, 5.41) is 19.5. The topological polar surface area (TPSA) is 116 Å². The fourth-order valence-corrected chi connectivity index (χ4v) is 1.45. The first-order valence-corrected chi connectivity index (χ1v) is 5.79. The second-order valence-electron chi connectivity index (χ2n) is 3.94. The third-order valence-corrected chi connectivity index (χ3v) is 2.44. The van der Waals surface area contributed by atoms with Crippen molar-refractivity contribution in [2.75, 3.05) is 7.11 Å². The van der Waals surface area contributed by atoms with Crippen LogP contribution < -0.4 is 4.74 Å². The van der Waals surface area contributed by atoms with Crippen molar-refractivity contribution < 1.29 is 29.1 Å². The average molecular weight is 295 g/mol. The van der Waals surface area contributed by atoms with E-state index in [9.17, 15) is 19.7 Å². The fraction of sp³-hybridized carbons (Fsp3) is 0.231. The van der Waals surface area contributed by atoms with Crippen LogP contribution in [0.1, 0.15) is 12.5 Å². The molecule has 0 saturated heterocycles. The third kappa shape index (κ3) is 4.60. The molecular weight excluding hydrogens is 282 g/mol. The van der Waals surface area contributed by atoms with Gasteiger partial charge in [-0.15, -0.1) is 0 Å². The summed E-state index contributed by atoms with van der Waals surface area (Å²) < 4.78 is 9.68. The molecule has 0 aliphatic rings. The van der Waals surface area contributed by atoms with E-state index in [4.69, 9.17) is 9.84 Å². The zero-order chi connectivity index (χ0) is 16.0. The molecule has 1 atom stereocenters. The first-order valence-electron chi connectivity index (χ1n) is 5.79. The molecule has 1 unspecified atom stereocenters. The van der Waals surface area contributed by atoms with Gasteiger partial charge in [-0.1, -0.05) is 0 Å². The second kappa shape index (κ2) is 7.04. The molecule has 0 amide bonds. The van der Waals surface area contributed by atoms with Gasteiger partial charge in [0.25, 0.3) is 0 Å². The number of rotatable bonds is 6. The summed E-state index contributed by atoms with van der Waals surface area (Å²) in [5.41, 5.74) is 0.0493. The third-order valence-electron chi connectivity index (χ3n) is 2.44. The zero-order valence-corrected chi connectivity index (χ0v) is 11.3. The maximum atomic E-state index is 11.3. The number of aliphatic carboxylic acids is 1. The first-order chi connectivity index (χ1) is 9.85. The van der Waals surface area contributed by atoms with Gasteiger partial charge in [0.05, 0.1) is 12.0 Å². The van der Waals surface area contributed by atoms with Gasteiger partial charge in [-0.05, 0) is 30.7 Å². The Bertz CT molecular complexity index is 594. The molecule has 8 nitrogen and oxygen atoms in total. The summed E-state index contributed by atoms with van der Waals surface area (Å²) in [5.74, 6) is -1.99. The predicted octanol–water partition coefficient (Wildman–Crippen LogP) is 1.63. The van der Waals surface area contributed by atoms with E-state index < -0.39 is 23.0 Å². The number of nitro groups is 1. The van der Waals surface area contributed by atoms with Gasteiger partial charge in [0.15, 0.2) is 11.9 Å². The Hall–Kier alpha value is -2.90. The van der Waals surface area contributed by atoms with E-state index in [0.717, 1.165) is 6.08 Å². The Morgan fingerprint density at radius 3 is 2.62 bits per heavy atom. The Morgan fingerprint density at radius 1 is 1.43 bits per heavy atom. The highest BCUT2D eigenvalue weighted by atomic mass is 16.6. The molecule has 0 aromatic heterocycles. The van der Waals surface area contributed by atoms with Gasteiger partial charge in [0.2, 0.25) is 0 Å². The highest BCUT2D eigenvalue weighted by Crippen LogP contribution is 2.29. The van der Waals surface area contributed by atoms with Crippen molar-refractivity contribution >= 4 is 23.7 Å². The zero-order valence-electron chi connectivity index (χ0n) is 11.3. The van der Waals surface area contributed by atoms with Crippen molar-refractivity contribution in [2.24, 2.45) is 0 Å². The normalized spacial score (nSPS) is 11.9. The monoisotopic (exact) mass is 295 g/mol. The number of nitrogens with zero attached hydrogens (tertiary/aromatic N) is 1. The Morgan fingerprint density at radius 2 is 2.10 bits per heavy atom. The molecule has 0 heterocycles. The lowest BCUT2D eigenvalue weighted by molar-refractivity contribution is -0.386. The molecule has 21 heavy (non-hydrogen) atoms. The molecule has 0 spiro atoms. The minimum Gasteiger partial charge on any atom is -0.478 e. The van der Waals surface area contributed by atoms with Gasteiger partial charge in [0, 0.05) is 12.1 Å². The molecule has 0 fully saturated rings. The lowest BCUT2D eigenvalue weighted by Gasteiger charge is -2.12. The van der Waals surface area contributed by atoms with E-state index in [2.05, 4.69) is 4.74 Å². The van der Waals surface area contributed by atoms with Crippen LogP contribution in [0.25, 0.3) is 6.08 Å². The van der Waals surface area contributed by atoms with Gasteiger partial charge in [-0.2, -0.15) is 0 Å². The number of benzene rings is 1. The SMILES string of the molecule is COC(=O)C(C)Oc1cc(C=CC(=O)O)ccc1[N+](=O)[O-]. The van der Waals surface area contributed by atoms with Crippen LogP contribution in [0.5, 0.6) is 5.75 Å². The fourth-order valence-electron chi connectivity index (χ4n) is 1.45. The summed E-state index contributed by atoms with van der Waals surface area (Å²) in [4.78, 5) is 32.0. The van der Waals surface area contributed by atoms with Gasteiger partial charge >= 0.3 is 17.6 Å². The minimum absolute atomic E-state index is 0.148. The molecule has 8 heteroatoms. The molecule has 0 aliphatic carbocycles. The summed E-state index contributed by atoms with van der Waals surface area (Å²) >= 11 is 0. The van der Waals surface area contributed by atoms with Crippen LogP contribution in [-0.4, -0.2) is 35.2 Å². The van der Waals surface area contributed by atoms with Gasteiger partial charge in [-0.25, -0.2) is 9.59 Å². The summed E-state index contributed by atoms with van der Waals surface area (Å²) in [6.07, 6.45) is 1.10. The molecule has 0 aliphatic heterocycles. The predicted molar refractivity (Wildman–Crippen MR) is 71.9 cm³/mol. The highest BCUT2D eigenvalue weighted by Gasteiger charge is 2.21. The van der Waals surface area contributed by atoms with Crippen LogP contribution in [0.2, 0.25) is 0 Å². The number of carbonyl (C=O) groups is 2. The molecular formula is C13H13NO7. The van der Waals surface area contributed by atoms with Crippen LogP contribution >= 0.6 is 0 Å². The molecule has 0 bridgehead atoms. The van der Waals surface area contributed by atoms with Crippen LogP contribution in [0.4, 0.5) is 5.69 Å². The van der Waals surface area contributed by atoms with Crippen LogP contribution in [0.15, 0.2) is 24.3 Å². The summed E-state index contributed by atoms with van der Waals surface area (Å²) in [6.45, 7) is 1.38. The van der Waals surface area contributed by atoms with E-state index in [1.54, 1.807) is 0 Å². The van der Waals surface area contributed by atoms with Gasteiger partial charge in [0.1, 0.15) is 0 Å². The second-order valence-corrected chi connectivity index (χ2v) is 3.94. The number of esters is 1. The quantitative estimate of drug-likeness (QED) is 0.367. The van der Waals surface area contributed by atoms with Crippen molar-refractivity contribution in [2.45, 2.75) is 13.0 Å². The van der Waals surface area contributed by atoms with Crippen molar-refractivity contribution in [3.63, 3.8) is 0 Å². The average Bonchev–Trinajstić information content (AvgIpc) is 2.43. The standard InChI is InChI=1S/C13H13NO7/c1-8(13(17)20-2)21-11-7-9(4-6-12(15)16)3-5-10(11)14(18)19/h3-8H,1-2H3,(H,15,16). The number of carboxylic acid groups (broad SMARTS) is 1. The number of ether oxygens (including phenoxy) is 2. The maximum absolute atomic E-state index is 11.3. The molecule has 1 aromatic rings. The van der Waals surface area contributed by atoms with Crippen molar-refractivity contribution in [1.82, 2.24) is 0 Å². The van der Waals surface area contributed by atoms with Crippen molar-refractivity contribution in [1.29, 1.82) is 0 Å². The number of carbonyl (C=O) groups excluding carboxylic acids is 1. The van der Waals surface area contributed by atoms with E-state index in [1.807, 2.05) is 0 Å². The molecule has 0 saturated carbocycles. The minimum atomic E-state index is -1.15.